The molecule has 6 aromatic rings. The van der Waals surface area contributed by atoms with E-state index in [-0.39, 0.29) is 26.4 Å². The third kappa shape index (κ3) is 16.3. The lowest BCUT2D eigenvalue weighted by Gasteiger charge is -2.15. The number of hydrogen-bond acceptors (Lipinski definition) is 10. The van der Waals surface area contributed by atoms with E-state index in [0.717, 1.165) is 46.2 Å². The molecule has 322 valence electrons. The van der Waals surface area contributed by atoms with Gasteiger partial charge in [0.05, 0.1) is 26.4 Å². The Labute approximate surface area is 364 Å². The van der Waals surface area contributed by atoms with Crippen LogP contribution in [0.1, 0.15) is 59.1 Å². The second kappa shape index (κ2) is 25.6. The van der Waals surface area contributed by atoms with Crippen molar-refractivity contribution in [2.45, 2.75) is 65.0 Å². The number of hydrogen-bond donors (Lipinski definition) is 0. The second-order valence-electron chi connectivity index (χ2n) is 14.5. The topological polar surface area (TPSA) is 108 Å². The maximum atomic E-state index is 12.2. The summed E-state index contributed by atoms with van der Waals surface area (Å²) >= 11 is 0. The van der Waals surface area contributed by atoms with Gasteiger partial charge in [0.2, 0.25) is 0 Å². The predicted molar refractivity (Wildman–Crippen MR) is 236 cm³/mol. The highest BCUT2D eigenvalue weighted by molar-refractivity contribution is 5.60. The largest absolute Gasteiger partial charge is 0.508 e. The van der Waals surface area contributed by atoms with Crippen molar-refractivity contribution in [3.8, 4) is 23.0 Å². The lowest BCUT2D eigenvalue weighted by molar-refractivity contribution is 0.0513. The number of rotatable bonds is 25. The van der Waals surface area contributed by atoms with Crippen LogP contribution in [0.5, 0.6) is 23.0 Å². The van der Waals surface area contributed by atoms with E-state index in [1.54, 1.807) is 0 Å². The molecule has 0 unspecified atom stereocenters. The first-order valence-corrected chi connectivity index (χ1v) is 21.1. The van der Waals surface area contributed by atoms with Gasteiger partial charge in [0.1, 0.15) is 26.4 Å². The van der Waals surface area contributed by atoms with Crippen molar-refractivity contribution >= 4 is 12.3 Å². The Kier molecular flexibility index (Phi) is 18.4. The summed E-state index contributed by atoms with van der Waals surface area (Å²) in [7, 11) is 0. The van der Waals surface area contributed by atoms with Crippen molar-refractivity contribution < 1.29 is 47.5 Å². The van der Waals surface area contributed by atoms with Gasteiger partial charge in [-0.05, 0) is 83.3 Å². The molecule has 10 nitrogen and oxygen atoms in total. The zero-order valence-corrected chi connectivity index (χ0v) is 35.0. The van der Waals surface area contributed by atoms with Crippen molar-refractivity contribution in [1.29, 1.82) is 0 Å². The van der Waals surface area contributed by atoms with Crippen molar-refractivity contribution in [2.75, 3.05) is 26.4 Å². The zero-order chi connectivity index (χ0) is 42.9. The van der Waals surface area contributed by atoms with Crippen LogP contribution < -0.4 is 18.9 Å². The van der Waals surface area contributed by atoms with Gasteiger partial charge < -0.3 is 37.9 Å². The van der Waals surface area contributed by atoms with E-state index < -0.39 is 12.3 Å². The van der Waals surface area contributed by atoms with Gasteiger partial charge in [0.15, 0.2) is 23.0 Å². The number of carbonyl (C=O) groups is 2. The molecule has 0 atom stereocenters. The van der Waals surface area contributed by atoms with Crippen LogP contribution in [0.4, 0.5) is 9.59 Å². The van der Waals surface area contributed by atoms with Crippen molar-refractivity contribution in [2.24, 2.45) is 0 Å². The van der Waals surface area contributed by atoms with E-state index >= 15 is 0 Å². The molecule has 0 aromatic heterocycles. The molecule has 0 aliphatic rings. The summed E-state index contributed by atoms with van der Waals surface area (Å²) in [4.78, 5) is 24.5. The van der Waals surface area contributed by atoms with Crippen LogP contribution in [-0.4, -0.2) is 38.7 Å². The van der Waals surface area contributed by atoms with Gasteiger partial charge in [-0.1, -0.05) is 133 Å². The summed E-state index contributed by atoms with van der Waals surface area (Å²) < 4.78 is 45.7. The summed E-state index contributed by atoms with van der Waals surface area (Å²) in [5.74, 6) is 2.52. The summed E-state index contributed by atoms with van der Waals surface area (Å²) in [5.41, 5.74) is 6.08. The van der Waals surface area contributed by atoms with E-state index in [1.165, 1.54) is 0 Å². The molecule has 0 fully saturated rings. The van der Waals surface area contributed by atoms with Crippen molar-refractivity contribution in [3.05, 3.63) is 191 Å². The minimum atomic E-state index is -0.706. The Morgan fingerprint density at radius 1 is 0.306 bits per heavy atom. The van der Waals surface area contributed by atoms with E-state index in [2.05, 4.69) is 0 Å². The number of ether oxygens (including phenoxy) is 8. The monoisotopic (exact) mass is 838 g/mol. The fourth-order valence-corrected chi connectivity index (χ4v) is 6.28. The third-order valence-corrected chi connectivity index (χ3v) is 9.66. The predicted octanol–water partition coefficient (Wildman–Crippen LogP) is 11.7. The Bertz CT molecular complexity index is 2040. The van der Waals surface area contributed by atoms with Crippen LogP contribution >= 0.6 is 0 Å². The second-order valence-corrected chi connectivity index (χ2v) is 14.5. The molecule has 6 aromatic carbocycles. The third-order valence-electron chi connectivity index (χ3n) is 9.66. The van der Waals surface area contributed by atoms with E-state index in [9.17, 15) is 9.59 Å². The lowest BCUT2D eigenvalue weighted by atomic mass is 10.1. The Balaban J connectivity index is 0.822. The zero-order valence-electron chi connectivity index (χ0n) is 35.0. The first-order chi connectivity index (χ1) is 30.6. The Hall–Kier alpha value is -6.94. The molecular weight excluding hydrogens is 785 g/mol. The Morgan fingerprint density at radius 3 is 0.952 bits per heavy atom. The molecule has 0 radical (unpaired) electrons. The molecule has 0 spiro atoms. The first-order valence-electron chi connectivity index (χ1n) is 21.1. The average molecular weight is 839 g/mol. The van der Waals surface area contributed by atoms with Gasteiger partial charge >= 0.3 is 12.3 Å². The minimum absolute atomic E-state index is 0.162. The smallest absolute Gasteiger partial charge is 0.485 e. The molecule has 0 saturated heterocycles. The molecule has 62 heavy (non-hydrogen) atoms. The van der Waals surface area contributed by atoms with E-state index in [1.807, 2.05) is 158 Å². The highest BCUT2D eigenvalue weighted by Gasteiger charge is 2.12. The summed E-state index contributed by atoms with van der Waals surface area (Å²) in [6.45, 7) is 2.43. The molecule has 6 rings (SSSR count). The van der Waals surface area contributed by atoms with Gasteiger partial charge in [0.25, 0.3) is 0 Å². The van der Waals surface area contributed by atoms with Gasteiger partial charge in [-0.15, -0.1) is 0 Å². The molecule has 0 heterocycles. The summed E-state index contributed by atoms with van der Waals surface area (Å²) in [6.07, 6.45) is 2.50. The van der Waals surface area contributed by atoms with Crippen LogP contribution in [0.25, 0.3) is 0 Å². The minimum Gasteiger partial charge on any atom is -0.485 e. The van der Waals surface area contributed by atoms with E-state index in [4.69, 9.17) is 37.9 Å². The normalized spacial score (nSPS) is 10.6. The molecular formula is C52H54O10. The summed E-state index contributed by atoms with van der Waals surface area (Å²) in [6, 6.07) is 51.3. The van der Waals surface area contributed by atoms with Crippen LogP contribution in [0.2, 0.25) is 0 Å². The standard InChI is InChI=1S/C52H54O10/c53-51(57-33-29-41-25-27-47(59-37-43-17-7-3-8-18-43)49(35-41)61-39-45-21-11-5-12-22-45)55-31-15-1-2-16-32-56-52(54)58-34-30-42-26-28-48(60-38-44-19-9-4-10-20-44)50(36-42)62-40-46-23-13-6-14-24-46/h3-14,17-28,35-36H,1-2,15-16,29-34,37-40H2. The Morgan fingerprint density at radius 2 is 0.613 bits per heavy atom. The highest BCUT2D eigenvalue weighted by Crippen LogP contribution is 2.32. The highest BCUT2D eigenvalue weighted by atomic mass is 16.7. The fourth-order valence-electron chi connectivity index (χ4n) is 6.28. The SMILES string of the molecule is O=C(OCCCCCCOC(=O)OCCc1ccc(OCc2ccccc2)c(OCc2ccccc2)c1)OCCc1ccc(OCc2ccccc2)c(OCc2ccccc2)c1. The van der Waals surface area contributed by atoms with Gasteiger partial charge in [-0.2, -0.15) is 0 Å². The molecule has 0 saturated carbocycles. The molecule has 0 aliphatic carbocycles. The number of unbranched alkanes of at least 4 members (excludes halogenated alkanes) is 3. The molecule has 0 N–H and O–H groups in total. The molecule has 10 heteroatoms. The first kappa shape index (κ1) is 44.6. The van der Waals surface area contributed by atoms with Crippen molar-refractivity contribution in [3.63, 3.8) is 0 Å². The molecule has 0 aliphatic heterocycles. The van der Waals surface area contributed by atoms with Gasteiger partial charge in [-0.25, -0.2) is 9.59 Å². The maximum absolute atomic E-state index is 12.2. The van der Waals surface area contributed by atoms with Crippen LogP contribution in [0.15, 0.2) is 158 Å². The number of carbonyl (C=O) groups excluding carboxylic acids is 2. The van der Waals surface area contributed by atoms with Crippen LogP contribution in [-0.2, 0) is 58.2 Å². The van der Waals surface area contributed by atoms with Gasteiger partial charge in [0, 0.05) is 12.8 Å². The lowest BCUT2D eigenvalue weighted by Crippen LogP contribution is -2.11. The van der Waals surface area contributed by atoms with Crippen LogP contribution in [0, 0.1) is 0 Å². The fraction of sp³-hybridized carbons (Fsp3) is 0.269. The molecule has 0 bridgehead atoms. The van der Waals surface area contributed by atoms with Gasteiger partial charge in [-0.3, -0.25) is 0 Å². The quantitative estimate of drug-likeness (QED) is 0.0408. The van der Waals surface area contributed by atoms with E-state index in [0.29, 0.717) is 75.1 Å². The maximum Gasteiger partial charge on any atom is 0.508 e. The van der Waals surface area contributed by atoms with Crippen molar-refractivity contribution in [1.82, 2.24) is 0 Å². The molecule has 0 amide bonds. The average Bonchev–Trinajstić information content (AvgIpc) is 3.31. The van der Waals surface area contributed by atoms with Crippen LogP contribution in [0.3, 0.4) is 0 Å². The number of benzene rings is 6. The summed E-state index contributed by atoms with van der Waals surface area (Å²) in [5, 5.41) is 0.